The van der Waals surface area contributed by atoms with Crippen molar-refractivity contribution < 1.29 is 22.7 Å². The van der Waals surface area contributed by atoms with Gasteiger partial charge in [0.2, 0.25) is 0 Å². The molecule has 0 aromatic carbocycles. The van der Waals surface area contributed by atoms with Crippen LogP contribution >= 0.6 is 12.2 Å². The Morgan fingerprint density at radius 1 is 1.50 bits per heavy atom. The van der Waals surface area contributed by atoms with E-state index in [1.54, 1.807) is 0 Å². The molecule has 0 aliphatic rings. The number of methoxy groups -OCH3 is 1. The van der Waals surface area contributed by atoms with Gasteiger partial charge in [-0.2, -0.15) is 13.2 Å². The van der Waals surface area contributed by atoms with Crippen molar-refractivity contribution in [1.29, 1.82) is 0 Å². The number of ether oxygens (including phenoxy) is 1. The van der Waals surface area contributed by atoms with Crippen LogP contribution < -0.4 is 11.1 Å². The minimum absolute atomic E-state index is 0.0226. The van der Waals surface area contributed by atoms with E-state index in [1.165, 1.54) is 7.11 Å². The Kier molecular flexibility index (Phi) is 5.26. The van der Waals surface area contributed by atoms with Gasteiger partial charge in [-0.05, 0) is 12.1 Å². The van der Waals surface area contributed by atoms with Gasteiger partial charge in [-0.1, -0.05) is 12.2 Å². The predicted molar refractivity (Wildman–Crippen MR) is 70.2 cm³/mol. The summed E-state index contributed by atoms with van der Waals surface area (Å²) in [5, 5.41) is 2.59. The van der Waals surface area contributed by atoms with Crippen LogP contribution in [0.5, 0.6) is 0 Å². The van der Waals surface area contributed by atoms with E-state index in [4.69, 9.17) is 18.0 Å². The van der Waals surface area contributed by atoms with Gasteiger partial charge in [-0.3, -0.25) is 4.79 Å². The fourth-order valence-corrected chi connectivity index (χ4v) is 1.50. The molecule has 0 saturated heterocycles. The number of alkyl halides is 3. The van der Waals surface area contributed by atoms with Crippen LogP contribution in [-0.4, -0.2) is 29.6 Å². The number of halogens is 3. The lowest BCUT2D eigenvalue weighted by molar-refractivity contribution is -0.141. The molecule has 1 rings (SSSR count). The first-order valence-electron chi connectivity index (χ1n) is 5.44. The monoisotopic (exact) mass is 307 g/mol. The maximum atomic E-state index is 12.6. The van der Waals surface area contributed by atoms with Crippen molar-refractivity contribution in [3.05, 3.63) is 23.4 Å². The standard InChI is InChI=1S/C11H12F3N3O2S/c1-19-8(18)4-5-16-10-6(9(15)20)2-3-7(17-10)11(12,13)14/h2-3H,4-5H2,1H3,(H2,15,20)(H,16,17). The number of nitrogens with one attached hydrogen (secondary N) is 1. The number of pyridine rings is 1. The van der Waals surface area contributed by atoms with Gasteiger partial charge < -0.3 is 15.8 Å². The zero-order chi connectivity index (χ0) is 15.3. The van der Waals surface area contributed by atoms with E-state index in [9.17, 15) is 18.0 Å². The second kappa shape index (κ2) is 6.51. The van der Waals surface area contributed by atoms with Crippen molar-refractivity contribution >= 4 is 29.0 Å². The van der Waals surface area contributed by atoms with Gasteiger partial charge in [0.15, 0.2) is 0 Å². The molecule has 0 saturated carbocycles. The molecule has 3 N–H and O–H groups in total. The fourth-order valence-electron chi connectivity index (χ4n) is 1.34. The van der Waals surface area contributed by atoms with Crippen LogP contribution in [0.15, 0.2) is 12.1 Å². The second-order valence-electron chi connectivity index (χ2n) is 3.71. The topological polar surface area (TPSA) is 77.2 Å². The molecule has 0 unspecified atom stereocenters. The summed E-state index contributed by atoms with van der Waals surface area (Å²) in [5.41, 5.74) is 4.52. The Balaban J connectivity index is 2.95. The minimum Gasteiger partial charge on any atom is -0.469 e. The molecule has 0 aliphatic heterocycles. The molecule has 9 heteroatoms. The summed E-state index contributed by atoms with van der Waals surface area (Å²) in [4.78, 5) is 14.3. The maximum absolute atomic E-state index is 12.6. The molecule has 0 amide bonds. The number of carbonyl (C=O) groups excluding carboxylic acids is 1. The highest BCUT2D eigenvalue weighted by atomic mass is 32.1. The van der Waals surface area contributed by atoms with E-state index in [2.05, 4.69) is 15.0 Å². The highest BCUT2D eigenvalue weighted by Crippen LogP contribution is 2.29. The van der Waals surface area contributed by atoms with E-state index >= 15 is 0 Å². The van der Waals surface area contributed by atoms with Gasteiger partial charge in [-0.25, -0.2) is 4.98 Å². The lowest BCUT2D eigenvalue weighted by Crippen LogP contribution is -2.19. The van der Waals surface area contributed by atoms with Crippen LogP contribution in [0.4, 0.5) is 19.0 Å². The molecule has 110 valence electrons. The van der Waals surface area contributed by atoms with Gasteiger partial charge in [0.1, 0.15) is 16.5 Å². The average molecular weight is 307 g/mol. The number of hydrogen-bond acceptors (Lipinski definition) is 5. The van der Waals surface area contributed by atoms with Gasteiger partial charge in [0.05, 0.1) is 19.1 Å². The van der Waals surface area contributed by atoms with Gasteiger partial charge in [0, 0.05) is 6.54 Å². The number of rotatable bonds is 5. The third-order valence-corrected chi connectivity index (χ3v) is 2.52. The summed E-state index contributed by atoms with van der Waals surface area (Å²) in [6.07, 6.45) is -4.60. The summed E-state index contributed by atoms with van der Waals surface area (Å²) in [6, 6.07) is 1.93. The van der Waals surface area contributed by atoms with Crippen molar-refractivity contribution in [1.82, 2.24) is 4.98 Å². The molecular formula is C11H12F3N3O2S. The molecule has 0 radical (unpaired) electrons. The predicted octanol–water partition coefficient (Wildman–Crippen LogP) is 1.71. The molecule has 1 aromatic rings. The molecule has 5 nitrogen and oxygen atoms in total. The zero-order valence-electron chi connectivity index (χ0n) is 10.5. The molecule has 0 atom stereocenters. The number of anilines is 1. The Morgan fingerprint density at radius 2 is 2.15 bits per heavy atom. The van der Waals surface area contributed by atoms with Crippen LogP contribution in [0.3, 0.4) is 0 Å². The smallest absolute Gasteiger partial charge is 0.433 e. The number of nitrogens with two attached hydrogens (primary N) is 1. The van der Waals surface area contributed by atoms with Crippen LogP contribution in [0.1, 0.15) is 17.7 Å². The Hall–Kier alpha value is -1.90. The highest BCUT2D eigenvalue weighted by Gasteiger charge is 2.33. The average Bonchev–Trinajstić information content (AvgIpc) is 2.37. The van der Waals surface area contributed by atoms with Crippen molar-refractivity contribution in [2.75, 3.05) is 19.0 Å². The van der Waals surface area contributed by atoms with E-state index in [0.717, 1.165) is 12.1 Å². The van der Waals surface area contributed by atoms with Crippen molar-refractivity contribution in [3.63, 3.8) is 0 Å². The van der Waals surface area contributed by atoms with E-state index in [1.807, 2.05) is 0 Å². The Bertz CT molecular complexity index is 520. The largest absolute Gasteiger partial charge is 0.469 e. The highest BCUT2D eigenvalue weighted by molar-refractivity contribution is 7.80. The summed E-state index contributed by atoms with van der Waals surface area (Å²) < 4.78 is 42.1. The van der Waals surface area contributed by atoms with Gasteiger partial charge in [0.25, 0.3) is 0 Å². The molecular weight excluding hydrogens is 295 g/mol. The van der Waals surface area contributed by atoms with Gasteiger partial charge in [-0.15, -0.1) is 0 Å². The quantitative estimate of drug-likeness (QED) is 0.637. The number of thiocarbonyl (C=S) groups is 1. The van der Waals surface area contributed by atoms with E-state index in [0.29, 0.717) is 0 Å². The van der Waals surface area contributed by atoms with Crippen LogP contribution in [0.2, 0.25) is 0 Å². The fraction of sp³-hybridized carbons (Fsp3) is 0.364. The second-order valence-corrected chi connectivity index (χ2v) is 4.15. The molecule has 1 aromatic heterocycles. The normalized spacial score (nSPS) is 11.0. The molecule has 0 spiro atoms. The van der Waals surface area contributed by atoms with E-state index < -0.39 is 17.8 Å². The SMILES string of the molecule is COC(=O)CCNc1nc(C(F)(F)F)ccc1C(N)=S. The van der Waals surface area contributed by atoms with Crippen LogP contribution in [0, 0.1) is 0 Å². The third kappa shape index (κ3) is 4.34. The van der Waals surface area contributed by atoms with Crippen LogP contribution in [0.25, 0.3) is 0 Å². The Labute approximate surface area is 118 Å². The number of hydrogen-bond donors (Lipinski definition) is 2. The van der Waals surface area contributed by atoms with Crippen molar-refractivity contribution in [2.45, 2.75) is 12.6 Å². The summed E-state index contributed by atoms with van der Waals surface area (Å²) >= 11 is 4.74. The summed E-state index contributed by atoms with van der Waals surface area (Å²) in [6.45, 7) is 0.0522. The van der Waals surface area contributed by atoms with Gasteiger partial charge >= 0.3 is 12.1 Å². The molecule has 20 heavy (non-hydrogen) atoms. The summed E-state index contributed by atoms with van der Waals surface area (Å²) in [7, 11) is 1.21. The van der Waals surface area contributed by atoms with Crippen LogP contribution in [-0.2, 0) is 15.7 Å². The molecule has 0 aliphatic carbocycles. The third-order valence-electron chi connectivity index (χ3n) is 2.30. The minimum atomic E-state index is -4.58. The first-order chi connectivity index (χ1) is 9.25. The van der Waals surface area contributed by atoms with Crippen molar-refractivity contribution in [2.24, 2.45) is 5.73 Å². The van der Waals surface area contributed by atoms with Crippen molar-refractivity contribution in [3.8, 4) is 0 Å². The Morgan fingerprint density at radius 3 is 2.65 bits per heavy atom. The first-order valence-corrected chi connectivity index (χ1v) is 5.85. The number of aromatic nitrogens is 1. The number of nitrogens with zero attached hydrogens (tertiary/aromatic N) is 1. The maximum Gasteiger partial charge on any atom is 0.433 e. The number of carbonyl (C=O) groups is 1. The molecule has 0 fully saturated rings. The first kappa shape index (κ1) is 16.2. The molecule has 1 heterocycles. The van der Waals surface area contributed by atoms with E-state index in [-0.39, 0.29) is 29.3 Å². The lowest BCUT2D eigenvalue weighted by atomic mass is 10.2. The lowest BCUT2D eigenvalue weighted by Gasteiger charge is -2.13. The number of esters is 1. The molecule has 0 bridgehead atoms. The zero-order valence-corrected chi connectivity index (χ0v) is 11.3. The summed E-state index contributed by atoms with van der Waals surface area (Å²) in [5.74, 6) is -0.613.